The first-order valence-electron chi connectivity index (χ1n) is 4.87. The zero-order valence-electron chi connectivity index (χ0n) is 9.21. The van der Waals surface area contributed by atoms with E-state index in [1.807, 2.05) is 25.1 Å². The van der Waals surface area contributed by atoms with Gasteiger partial charge in [0.25, 0.3) is 0 Å². The van der Waals surface area contributed by atoms with E-state index in [9.17, 15) is 0 Å². The maximum atomic E-state index is 5.91. The van der Waals surface area contributed by atoms with E-state index in [2.05, 4.69) is 15.4 Å². The Balaban J connectivity index is 2.04. The van der Waals surface area contributed by atoms with Crippen molar-refractivity contribution in [1.29, 1.82) is 0 Å². The van der Waals surface area contributed by atoms with Crippen LogP contribution in [0.15, 0.2) is 23.1 Å². The fourth-order valence-corrected chi connectivity index (χ4v) is 2.11. The lowest BCUT2D eigenvalue weighted by molar-refractivity contribution is 0.628. The maximum absolute atomic E-state index is 5.91. The lowest BCUT2D eigenvalue weighted by Crippen LogP contribution is -1.93. The number of nitrogens with two attached hydrogens (primary N) is 1. The van der Waals surface area contributed by atoms with E-state index < -0.39 is 0 Å². The molecule has 1 aromatic carbocycles. The molecule has 0 aliphatic heterocycles. The van der Waals surface area contributed by atoms with Crippen LogP contribution < -0.4 is 5.73 Å². The van der Waals surface area contributed by atoms with Crippen LogP contribution in [-0.2, 0) is 12.8 Å². The van der Waals surface area contributed by atoms with Crippen LogP contribution in [0.25, 0.3) is 0 Å². The average molecular weight is 235 g/mol. The first-order valence-corrected chi connectivity index (χ1v) is 5.85. The zero-order valence-corrected chi connectivity index (χ0v) is 10.0. The number of hydrogen-bond donors (Lipinski definition) is 1. The molecule has 0 radical (unpaired) electrons. The van der Waals surface area contributed by atoms with Crippen LogP contribution in [0.2, 0.25) is 0 Å². The molecule has 6 heteroatoms. The summed E-state index contributed by atoms with van der Waals surface area (Å²) in [4.78, 5) is 2.51. The second-order valence-electron chi connectivity index (χ2n) is 3.53. The molecule has 0 saturated carbocycles. The van der Waals surface area contributed by atoms with Crippen molar-refractivity contribution in [3.05, 3.63) is 29.6 Å². The zero-order chi connectivity index (χ0) is 11.5. The molecule has 1 heterocycles. The molecule has 2 aromatic rings. The molecule has 5 nitrogen and oxygen atoms in total. The first-order chi connectivity index (χ1) is 7.65. The van der Waals surface area contributed by atoms with Gasteiger partial charge in [0.1, 0.15) is 0 Å². The van der Waals surface area contributed by atoms with E-state index in [0.717, 1.165) is 10.6 Å². The minimum atomic E-state index is 0.682. The highest BCUT2D eigenvalue weighted by molar-refractivity contribution is 7.98. The van der Waals surface area contributed by atoms with Gasteiger partial charge in [-0.05, 0) is 29.8 Å². The summed E-state index contributed by atoms with van der Waals surface area (Å²) in [6.07, 6.45) is 0. The standard InChI is InChI=1S/C10H13N5S/c1-7-3-4-9(8(11)5-7)16-6-10-12-14-15(2)13-10/h3-5H,6,11H2,1-2H3. The lowest BCUT2D eigenvalue weighted by atomic mass is 10.2. The largest absolute Gasteiger partial charge is 0.398 e. The molecule has 2 N–H and O–H groups in total. The van der Waals surface area contributed by atoms with Crippen molar-refractivity contribution >= 4 is 17.4 Å². The molecule has 0 amide bonds. The minimum Gasteiger partial charge on any atom is -0.398 e. The predicted molar refractivity (Wildman–Crippen MR) is 64.0 cm³/mol. The topological polar surface area (TPSA) is 69.6 Å². The van der Waals surface area contributed by atoms with Gasteiger partial charge in [0, 0.05) is 10.6 Å². The van der Waals surface area contributed by atoms with Crippen LogP contribution in [0.1, 0.15) is 11.4 Å². The predicted octanol–water partition coefficient (Wildman–Crippen LogP) is 1.39. The summed E-state index contributed by atoms with van der Waals surface area (Å²) in [7, 11) is 1.75. The Morgan fingerprint density at radius 1 is 1.44 bits per heavy atom. The Morgan fingerprint density at radius 3 is 2.88 bits per heavy atom. The van der Waals surface area contributed by atoms with E-state index in [1.165, 1.54) is 10.4 Å². The van der Waals surface area contributed by atoms with Gasteiger partial charge in [-0.25, -0.2) is 0 Å². The van der Waals surface area contributed by atoms with Crippen LogP contribution >= 0.6 is 11.8 Å². The number of benzene rings is 1. The summed E-state index contributed by atoms with van der Waals surface area (Å²) in [5.41, 5.74) is 7.87. The molecular weight excluding hydrogens is 222 g/mol. The van der Waals surface area contributed by atoms with E-state index in [0.29, 0.717) is 11.6 Å². The van der Waals surface area contributed by atoms with Crippen molar-refractivity contribution in [2.24, 2.45) is 7.05 Å². The first kappa shape index (κ1) is 10.9. The van der Waals surface area contributed by atoms with Crippen molar-refractivity contribution in [3.8, 4) is 0 Å². The number of aromatic nitrogens is 4. The van der Waals surface area contributed by atoms with Crippen molar-refractivity contribution in [2.45, 2.75) is 17.6 Å². The number of thioether (sulfide) groups is 1. The fourth-order valence-electron chi connectivity index (χ4n) is 1.32. The number of hydrogen-bond acceptors (Lipinski definition) is 5. The average Bonchev–Trinajstić information content (AvgIpc) is 2.63. The van der Waals surface area contributed by atoms with Crippen LogP contribution in [0.3, 0.4) is 0 Å². The summed E-state index contributed by atoms with van der Waals surface area (Å²) in [6, 6.07) is 6.03. The molecule has 16 heavy (non-hydrogen) atoms. The molecule has 0 aliphatic carbocycles. The summed E-state index contributed by atoms with van der Waals surface area (Å²) in [5, 5.41) is 11.8. The molecule has 84 valence electrons. The fraction of sp³-hybridized carbons (Fsp3) is 0.300. The van der Waals surface area contributed by atoms with Crippen LogP contribution in [0.4, 0.5) is 5.69 Å². The SMILES string of the molecule is Cc1ccc(SCc2nnn(C)n2)c(N)c1. The highest BCUT2D eigenvalue weighted by Crippen LogP contribution is 2.27. The Bertz CT molecular complexity index is 494. The molecular formula is C10H13N5S. The molecule has 0 unspecified atom stereocenters. The van der Waals surface area contributed by atoms with Gasteiger partial charge in [-0.15, -0.1) is 22.0 Å². The van der Waals surface area contributed by atoms with Gasteiger partial charge in [-0.1, -0.05) is 6.07 Å². The van der Waals surface area contributed by atoms with Gasteiger partial charge >= 0.3 is 0 Å². The molecule has 0 fully saturated rings. The van der Waals surface area contributed by atoms with Gasteiger partial charge in [0.05, 0.1) is 12.8 Å². The highest BCUT2D eigenvalue weighted by Gasteiger charge is 2.04. The van der Waals surface area contributed by atoms with Crippen molar-refractivity contribution in [3.63, 3.8) is 0 Å². The number of rotatable bonds is 3. The van der Waals surface area contributed by atoms with Gasteiger partial charge in [-0.2, -0.15) is 4.80 Å². The summed E-state index contributed by atoms with van der Waals surface area (Å²) >= 11 is 1.62. The Kier molecular flexibility index (Phi) is 3.09. The second kappa shape index (κ2) is 4.52. The van der Waals surface area contributed by atoms with E-state index in [4.69, 9.17) is 5.73 Å². The third-order valence-corrected chi connectivity index (χ3v) is 3.16. The Hall–Kier alpha value is -1.56. The third kappa shape index (κ3) is 2.52. The minimum absolute atomic E-state index is 0.682. The Morgan fingerprint density at radius 2 is 2.25 bits per heavy atom. The summed E-state index contributed by atoms with van der Waals surface area (Å²) in [5.74, 6) is 1.40. The number of tetrazole rings is 1. The van der Waals surface area contributed by atoms with Crippen LogP contribution in [-0.4, -0.2) is 20.2 Å². The molecule has 0 atom stereocenters. The molecule has 2 rings (SSSR count). The normalized spacial score (nSPS) is 10.6. The van der Waals surface area contributed by atoms with Crippen molar-refractivity contribution < 1.29 is 0 Å². The van der Waals surface area contributed by atoms with Gasteiger partial charge in [0.2, 0.25) is 0 Å². The number of anilines is 1. The van der Waals surface area contributed by atoms with Crippen molar-refractivity contribution in [2.75, 3.05) is 5.73 Å². The van der Waals surface area contributed by atoms with E-state index in [-0.39, 0.29) is 0 Å². The van der Waals surface area contributed by atoms with E-state index in [1.54, 1.807) is 18.8 Å². The number of nitrogens with zero attached hydrogens (tertiary/aromatic N) is 4. The summed E-state index contributed by atoms with van der Waals surface area (Å²) in [6.45, 7) is 2.02. The molecule has 0 spiro atoms. The molecule has 0 aliphatic rings. The van der Waals surface area contributed by atoms with Gasteiger partial charge in [0.15, 0.2) is 5.82 Å². The quantitative estimate of drug-likeness (QED) is 0.643. The number of aryl methyl sites for hydroxylation is 2. The maximum Gasteiger partial charge on any atom is 0.184 e. The highest BCUT2D eigenvalue weighted by atomic mass is 32.2. The van der Waals surface area contributed by atoms with Gasteiger partial charge < -0.3 is 5.73 Å². The summed E-state index contributed by atoms with van der Waals surface area (Å²) < 4.78 is 0. The number of nitrogen functional groups attached to an aromatic ring is 1. The molecule has 0 bridgehead atoms. The molecule has 0 saturated heterocycles. The Labute approximate surface area is 98.0 Å². The van der Waals surface area contributed by atoms with Crippen LogP contribution in [0.5, 0.6) is 0 Å². The lowest BCUT2D eigenvalue weighted by Gasteiger charge is -2.04. The van der Waals surface area contributed by atoms with Crippen LogP contribution in [0, 0.1) is 6.92 Å². The molecule has 1 aromatic heterocycles. The van der Waals surface area contributed by atoms with Crippen molar-refractivity contribution in [1.82, 2.24) is 20.2 Å². The smallest absolute Gasteiger partial charge is 0.184 e. The third-order valence-electron chi connectivity index (χ3n) is 2.07. The monoisotopic (exact) mass is 235 g/mol. The van der Waals surface area contributed by atoms with Gasteiger partial charge in [-0.3, -0.25) is 0 Å². The van der Waals surface area contributed by atoms with E-state index >= 15 is 0 Å². The second-order valence-corrected chi connectivity index (χ2v) is 4.54.